The molecule has 0 fully saturated rings. The van der Waals surface area contributed by atoms with Crippen molar-refractivity contribution in [2.75, 3.05) is 20.8 Å². The van der Waals surface area contributed by atoms with Gasteiger partial charge in [-0.25, -0.2) is 10.2 Å². The topological polar surface area (TPSA) is 115 Å². The first kappa shape index (κ1) is 25.4. The number of rotatable bonds is 9. The highest BCUT2D eigenvalue weighted by molar-refractivity contribution is 9.10. The van der Waals surface area contributed by atoms with Gasteiger partial charge in [0.25, 0.3) is 11.8 Å². The maximum absolute atomic E-state index is 12.4. The zero-order valence-electron chi connectivity index (χ0n) is 18.9. The highest BCUT2D eigenvalue weighted by Crippen LogP contribution is 2.28. The van der Waals surface area contributed by atoms with Crippen LogP contribution in [-0.2, 0) is 4.79 Å². The van der Waals surface area contributed by atoms with Gasteiger partial charge < -0.3 is 19.5 Å². The summed E-state index contributed by atoms with van der Waals surface area (Å²) < 4.78 is 16.6. The Balaban J connectivity index is 1.54. The van der Waals surface area contributed by atoms with Crippen LogP contribution >= 0.6 is 15.9 Å². The minimum absolute atomic E-state index is 0.227. The maximum Gasteiger partial charge on any atom is 0.343 e. The lowest BCUT2D eigenvalue weighted by atomic mass is 10.2. The number of amides is 2. The zero-order chi connectivity index (χ0) is 25.2. The molecule has 9 nitrogen and oxygen atoms in total. The highest BCUT2D eigenvalue weighted by Gasteiger charge is 2.13. The molecule has 0 atom stereocenters. The van der Waals surface area contributed by atoms with Crippen LogP contribution in [0.1, 0.15) is 26.3 Å². The van der Waals surface area contributed by atoms with Gasteiger partial charge in [-0.15, -0.1) is 0 Å². The van der Waals surface area contributed by atoms with Gasteiger partial charge in [-0.05, 0) is 66.2 Å². The molecule has 0 aliphatic rings. The van der Waals surface area contributed by atoms with Crippen LogP contribution in [-0.4, -0.2) is 44.8 Å². The molecule has 2 amide bonds. The van der Waals surface area contributed by atoms with Gasteiger partial charge in [-0.3, -0.25) is 9.59 Å². The summed E-state index contributed by atoms with van der Waals surface area (Å²) in [5.74, 6) is -0.268. The molecule has 0 saturated heterocycles. The first-order valence-electron chi connectivity index (χ1n) is 10.3. The van der Waals surface area contributed by atoms with Crippen molar-refractivity contribution in [2.24, 2.45) is 5.10 Å². The van der Waals surface area contributed by atoms with Gasteiger partial charge in [0.05, 0.1) is 32.5 Å². The number of nitrogens with zero attached hydrogens (tertiary/aromatic N) is 1. The van der Waals surface area contributed by atoms with E-state index in [-0.39, 0.29) is 18.2 Å². The molecule has 0 aromatic heterocycles. The Morgan fingerprint density at radius 1 is 0.914 bits per heavy atom. The summed E-state index contributed by atoms with van der Waals surface area (Å²) >= 11 is 3.29. The number of ether oxygens (including phenoxy) is 3. The van der Waals surface area contributed by atoms with E-state index in [1.807, 2.05) is 0 Å². The van der Waals surface area contributed by atoms with Gasteiger partial charge in [0.1, 0.15) is 5.75 Å². The second kappa shape index (κ2) is 12.3. The number of carbonyl (C=O) groups is 3. The van der Waals surface area contributed by atoms with E-state index >= 15 is 0 Å². The van der Waals surface area contributed by atoms with E-state index in [4.69, 9.17) is 14.2 Å². The summed E-state index contributed by atoms with van der Waals surface area (Å²) in [4.78, 5) is 36.5. The molecular weight excluding hydrogens is 518 g/mol. The third-order valence-electron chi connectivity index (χ3n) is 4.62. The number of benzene rings is 3. The van der Waals surface area contributed by atoms with Crippen LogP contribution < -0.4 is 25.0 Å². The number of hydrogen-bond donors (Lipinski definition) is 2. The van der Waals surface area contributed by atoms with E-state index < -0.39 is 11.9 Å². The second-order valence-electron chi connectivity index (χ2n) is 7.01. The van der Waals surface area contributed by atoms with Crippen molar-refractivity contribution in [3.8, 4) is 17.2 Å². The van der Waals surface area contributed by atoms with Crippen LogP contribution in [0.3, 0.4) is 0 Å². The van der Waals surface area contributed by atoms with Crippen molar-refractivity contribution in [3.63, 3.8) is 0 Å². The van der Waals surface area contributed by atoms with E-state index in [9.17, 15) is 14.4 Å². The summed E-state index contributed by atoms with van der Waals surface area (Å²) in [5.41, 5.74) is 3.70. The molecule has 0 saturated carbocycles. The number of halogens is 1. The molecular formula is C25H22BrN3O6. The van der Waals surface area contributed by atoms with Gasteiger partial charge in [-0.2, -0.15) is 5.10 Å². The monoisotopic (exact) mass is 539 g/mol. The molecule has 3 aromatic carbocycles. The van der Waals surface area contributed by atoms with Crippen molar-refractivity contribution >= 4 is 39.9 Å². The molecule has 0 unspecified atom stereocenters. The molecule has 0 bridgehead atoms. The Morgan fingerprint density at radius 3 is 2.37 bits per heavy atom. The van der Waals surface area contributed by atoms with Crippen molar-refractivity contribution in [1.29, 1.82) is 0 Å². The molecule has 0 spiro atoms. The van der Waals surface area contributed by atoms with Crippen molar-refractivity contribution < 1.29 is 28.6 Å². The lowest BCUT2D eigenvalue weighted by Gasteiger charge is -2.10. The van der Waals surface area contributed by atoms with E-state index in [0.717, 1.165) is 4.47 Å². The van der Waals surface area contributed by atoms with Gasteiger partial charge in [-0.1, -0.05) is 22.0 Å². The molecule has 3 aromatic rings. The predicted molar refractivity (Wildman–Crippen MR) is 133 cm³/mol. The minimum atomic E-state index is -0.551. The smallest absolute Gasteiger partial charge is 0.343 e. The molecule has 35 heavy (non-hydrogen) atoms. The summed E-state index contributed by atoms with van der Waals surface area (Å²) in [6.07, 6.45) is 1.39. The summed E-state index contributed by atoms with van der Waals surface area (Å²) in [5, 5.41) is 6.39. The van der Waals surface area contributed by atoms with E-state index in [2.05, 4.69) is 31.8 Å². The summed E-state index contributed by atoms with van der Waals surface area (Å²) in [7, 11) is 2.98. The fourth-order valence-corrected chi connectivity index (χ4v) is 3.24. The number of hydrazone groups is 1. The van der Waals surface area contributed by atoms with Gasteiger partial charge in [0, 0.05) is 10.0 Å². The van der Waals surface area contributed by atoms with Gasteiger partial charge in [0.15, 0.2) is 11.5 Å². The highest BCUT2D eigenvalue weighted by atomic mass is 79.9. The standard InChI is InChI=1S/C25H22BrN3O6/c1-33-20-9-7-17(8-10-20)25(32)35-21-11-6-16(12-22(21)34-2)14-28-29-23(30)15-27-24(31)18-4-3-5-19(26)13-18/h3-14H,15H2,1-2H3,(H,27,31)(H,29,30). The third-order valence-corrected chi connectivity index (χ3v) is 5.11. The molecule has 3 rings (SSSR count). The van der Waals surface area contributed by atoms with E-state index in [1.54, 1.807) is 66.7 Å². The molecule has 0 aliphatic carbocycles. The lowest BCUT2D eigenvalue weighted by Crippen LogP contribution is -2.34. The van der Waals surface area contributed by atoms with Crippen LogP contribution in [0.25, 0.3) is 0 Å². The minimum Gasteiger partial charge on any atom is -0.497 e. The number of methoxy groups -OCH3 is 2. The molecule has 0 radical (unpaired) electrons. The van der Waals surface area contributed by atoms with Crippen LogP contribution in [0, 0.1) is 0 Å². The Kier molecular flexibility index (Phi) is 8.96. The largest absolute Gasteiger partial charge is 0.497 e. The molecule has 180 valence electrons. The zero-order valence-corrected chi connectivity index (χ0v) is 20.5. The number of nitrogens with one attached hydrogen (secondary N) is 2. The van der Waals surface area contributed by atoms with Crippen LogP contribution in [0.15, 0.2) is 76.3 Å². The predicted octanol–water partition coefficient (Wildman–Crippen LogP) is 3.57. The van der Waals surface area contributed by atoms with Crippen LogP contribution in [0.4, 0.5) is 0 Å². The van der Waals surface area contributed by atoms with Gasteiger partial charge >= 0.3 is 5.97 Å². The second-order valence-corrected chi connectivity index (χ2v) is 7.93. The van der Waals surface area contributed by atoms with Crippen LogP contribution in [0.2, 0.25) is 0 Å². The first-order valence-corrected chi connectivity index (χ1v) is 11.1. The van der Waals surface area contributed by atoms with Crippen molar-refractivity contribution in [1.82, 2.24) is 10.7 Å². The molecule has 10 heteroatoms. The SMILES string of the molecule is COc1ccc(C(=O)Oc2ccc(C=NNC(=O)CNC(=O)c3cccc(Br)c3)cc2OC)cc1. The normalized spacial score (nSPS) is 10.5. The van der Waals surface area contributed by atoms with Crippen molar-refractivity contribution in [3.05, 3.63) is 87.9 Å². The quantitative estimate of drug-likeness (QED) is 0.186. The maximum atomic E-state index is 12.4. The number of esters is 1. The molecule has 0 aliphatic heterocycles. The Hall–Kier alpha value is -4.18. The number of hydrogen-bond acceptors (Lipinski definition) is 7. The van der Waals surface area contributed by atoms with E-state index in [1.165, 1.54) is 20.4 Å². The fraction of sp³-hybridized carbons (Fsp3) is 0.120. The average Bonchev–Trinajstić information content (AvgIpc) is 2.88. The summed E-state index contributed by atoms with van der Waals surface area (Å²) in [6, 6.07) is 18.1. The van der Waals surface area contributed by atoms with Gasteiger partial charge in [0.2, 0.25) is 0 Å². The van der Waals surface area contributed by atoms with Crippen LogP contribution in [0.5, 0.6) is 17.2 Å². The third kappa shape index (κ3) is 7.41. The summed E-state index contributed by atoms with van der Waals surface area (Å²) in [6.45, 7) is -0.244. The lowest BCUT2D eigenvalue weighted by molar-refractivity contribution is -0.120. The van der Waals surface area contributed by atoms with Crippen molar-refractivity contribution in [2.45, 2.75) is 0 Å². The molecule has 2 N–H and O–H groups in total. The Labute approximate surface area is 210 Å². The Bertz CT molecular complexity index is 1240. The number of carbonyl (C=O) groups excluding carboxylic acids is 3. The average molecular weight is 540 g/mol. The van der Waals surface area contributed by atoms with E-state index in [0.29, 0.717) is 28.2 Å². The molecule has 0 heterocycles. The first-order chi connectivity index (χ1) is 16.9. The fourth-order valence-electron chi connectivity index (χ4n) is 2.85. The Morgan fingerprint density at radius 2 is 1.69 bits per heavy atom.